The molecule has 0 aromatic heterocycles. The molecule has 0 unspecified atom stereocenters. The summed E-state index contributed by atoms with van der Waals surface area (Å²) >= 11 is 18.5. The molecule has 0 aliphatic heterocycles. The predicted octanol–water partition coefficient (Wildman–Crippen LogP) is 6.05. The Morgan fingerprint density at radius 2 is 1.74 bits per heavy atom. The van der Waals surface area contributed by atoms with Gasteiger partial charge in [0.15, 0.2) is 11.5 Å². The van der Waals surface area contributed by atoms with Crippen molar-refractivity contribution in [1.82, 2.24) is 0 Å². The van der Waals surface area contributed by atoms with Gasteiger partial charge in [0.05, 0.1) is 23.9 Å². The maximum atomic E-state index is 6.34. The van der Waals surface area contributed by atoms with Crippen molar-refractivity contribution < 1.29 is 9.47 Å². The lowest BCUT2D eigenvalue weighted by atomic mass is 10.2. The molecule has 0 atom stereocenters. The third-order valence-corrected chi connectivity index (χ3v) is 4.01. The third kappa shape index (κ3) is 4.84. The van der Waals surface area contributed by atoms with Crippen LogP contribution in [0.5, 0.6) is 11.5 Å². The normalized spacial score (nSPS) is 10.7. The molecule has 2 aromatic carbocycles. The first kappa shape index (κ1) is 18.1. The van der Waals surface area contributed by atoms with Crippen molar-refractivity contribution in [3.63, 3.8) is 0 Å². The summed E-state index contributed by atoms with van der Waals surface area (Å²) in [5.74, 6) is 1.26. The molecule has 0 spiro atoms. The zero-order chi connectivity index (χ0) is 17.0. The molecule has 2 aromatic rings. The summed E-state index contributed by atoms with van der Waals surface area (Å²) in [6, 6.07) is 8.87. The van der Waals surface area contributed by atoms with Gasteiger partial charge in [0.25, 0.3) is 0 Å². The fraction of sp³-hybridized carbons (Fsp3) is 0.294. The van der Waals surface area contributed by atoms with Crippen LogP contribution in [-0.2, 0) is 6.54 Å². The second-order valence-electron chi connectivity index (χ2n) is 5.24. The average Bonchev–Trinajstić information content (AvgIpc) is 2.49. The highest BCUT2D eigenvalue weighted by Gasteiger charge is 2.12. The Hall–Kier alpha value is -1.29. The van der Waals surface area contributed by atoms with E-state index < -0.39 is 0 Å². The van der Waals surface area contributed by atoms with E-state index in [1.54, 1.807) is 31.4 Å². The van der Waals surface area contributed by atoms with E-state index in [-0.39, 0.29) is 6.10 Å². The van der Waals surface area contributed by atoms with Crippen molar-refractivity contribution in [3.05, 3.63) is 51.0 Å². The first-order valence-electron chi connectivity index (χ1n) is 7.12. The minimum absolute atomic E-state index is 0.0363. The maximum Gasteiger partial charge on any atom is 0.163 e. The Morgan fingerprint density at radius 3 is 2.39 bits per heavy atom. The number of halogens is 3. The van der Waals surface area contributed by atoms with E-state index in [0.717, 1.165) is 11.3 Å². The number of benzene rings is 2. The van der Waals surface area contributed by atoms with Gasteiger partial charge in [-0.25, -0.2) is 0 Å². The van der Waals surface area contributed by atoms with Crippen LogP contribution in [0.15, 0.2) is 30.3 Å². The minimum atomic E-state index is 0.0363. The van der Waals surface area contributed by atoms with Crippen molar-refractivity contribution in [2.24, 2.45) is 0 Å². The maximum absolute atomic E-state index is 6.34. The first-order chi connectivity index (χ1) is 10.9. The zero-order valence-electron chi connectivity index (χ0n) is 13.1. The highest BCUT2D eigenvalue weighted by molar-refractivity contribution is 6.35. The first-order valence-corrected chi connectivity index (χ1v) is 8.26. The Labute approximate surface area is 151 Å². The van der Waals surface area contributed by atoms with Crippen molar-refractivity contribution in [1.29, 1.82) is 0 Å². The molecule has 0 aliphatic rings. The number of ether oxygens (including phenoxy) is 2. The molecule has 0 amide bonds. The van der Waals surface area contributed by atoms with Crippen molar-refractivity contribution in [2.75, 3.05) is 12.4 Å². The molecule has 23 heavy (non-hydrogen) atoms. The van der Waals surface area contributed by atoms with Gasteiger partial charge in [-0.3, -0.25) is 0 Å². The predicted molar refractivity (Wildman–Crippen MR) is 97.6 cm³/mol. The molecule has 0 bridgehead atoms. The van der Waals surface area contributed by atoms with Crippen molar-refractivity contribution in [3.8, 4) is 11.5 Å². The van der Waals surface area contributed by atoms with Crippen LogP contribution in [0.1, 0.15) is 19.4 Å². The van der Waals surface area contributed by atoms with Gasteiger partial charge in [0.1, 0.15) is 0 Å². The molecule has 0 saturated carbocycles. The highest BCUT2D eigenvalue weighted by atomic mass is 35.5. The van der Waals surface area contributed by atoms with Crippen LogP contribution in [0.2, 0.25) is 15.1 Å². The summed E-state index contributed by atoms with van der Waals surface area (Å²) in [5.41, 5.74) is 1.62. The summed E-state index contributed by atoms with van der Waals surface area (Å²) in [6.45, 7) is 4.38. The van der Waals surface area contributed by atoms with Crippen LogP contribution in [0.4, 0.5) is 5.69 Å². The summed E-state index contributed by atoms with van der Waals surface area (Å²) < 4.78 is 11.1. The van der Waals surface area contributed by atoms with E-state index >= 15 is 0 Å². The molecule has 0 saturated heterocycles. The third-order valence-electron chi connectivity index (χ3n) is 3.09. The molecule has 1 N–H and O–H groups in total. The molecular weight excluding hydrogens is 357 g/mol. The van der Waals surface area contributed by atoms with Gasteiger partial charge < -0.3 is 14.8 Å². The standard InChI is InChI=1S/C17H18Cl3NO2/c1-10(2)23-17-8-14(20)11(6-16(17)22-3)9-21-15-7-12(18)4-5-13(15)19/h4-8,10,21H,9H2,1-3H3. The van der Waals surface area contributed by atoms with Gasteiger partial charge >= 0.3 is 0 Å². The fourth-order valence-electron chi connectivity index (χ4n) is 2.04. The molecule has 0 aliphatic carbocycles. The summed E-state index contributed by atoms with van der Waals surface area (Å²) in [4.78, 5) is 0. The molecule has 2 rings (SSSR count). The monoisotopic (exact) mass is 373 g/mol. The van der Waals surface area contributed by atoms with E-state index in [1.807, 2.05) is 19.9 Å². The number of anilines is 1. The quantitative estimate of drug-likeness (QED) is 0.667. The largest absolute Gasteiger partial charge is 0.493 e. The number of methoxy groups -OCH3 is 1. The number of nitrogens with one attached hydrogen (secondary N) is 1. The molecule has 0 heterocycles. The summed E-state index contributed by atoms with van der Waals surface area (Å²) in [7, 11) is 1.60. The Morgan fingerprint density at radius 1 is 1.00 bits per heavy atom. The van der Waals surface area contributed by atoms with E-state index in [4.69, 9.17) is 44.3 Å². The topological polar surface area (TPSA) is 30.5 Å². The lowest BCUT2D eigenvalue weighted by Crippen LogP contribution is -2.08. The Kier molecular flexibility index (Phi) is 6.28. The minimum Gasteiger partial charge on any atom is -0.493 e. The van der Waals surface area contributed by atoms with Crippen LogP contribution in [-0.4, -0.2) is 13.2 Å². The molecule has 0 fully saturated rings. The summed E-state index contributed by atoms with van der Waals surface area (Å²) in [6.07, 6.45) is 0.0363. The molecule has 124 valence electrons. The van der Waals surface area contributed by atoms with Crippen LogP contribution in [0.3, 0.4) is 0 Å². The SMILES string of the molecule is COc1cc(CNc2cc(Cl)ccc2Cl)c(Cl)cc1OC(C)C. The van der Waals surface area contributed by atoms with Gasteiger partial charge in [-0.2, -0.15) is 0 Å². The van der Waals surface area contributed by atoms with Gasteiger partial charge in [-0.1, -0.05) is 34.8 Å². The van der Waals surface area contributed by atoms with Crippen molar-refractivity contribution in [2.45, 2.75) is 26.5 Å². The van der Waals surface area contributed by atoms with E-state index in [2.05, 4.69) is 5.32 Å². The van der Waals surface area contributed by atoms with Crippen LogP contribution >= 0.6 is 34.8 Å². The molecule has 0 radical (unpaired) electrons. The van der Waals surface area contributed by atoms with Crippen LogP contribution < -0.4 is 14.8 Å². The van der Waals surface area contributed by atoms with Crippen LogP contribution in [0.25, 0.3) is 0 Å². The lowest BCUT2D eigenvalue weighted by Gasteiger charge is -2.16. The fourth-order valence-corrected chi connectivity index (χ4v) is 2.62. The Balaban J connectivity index is 2.21. The zero-order valence-corrected chi connectivity index (χ0v) is 15.4. The second kappa shape index (κ2) is 8.00. The second-order valence-corrected chi connectivity index (χ2v) is 6.49. The van der Waals surface area contributed by atoms with Gasteiger partial charge in [0.2, 0.25) is 0 Å². The van der Waals surface area contributed by atoms with E-state index in [1.165, 1.54) is 0 Å². The number of hydrogen-bond acceptors (Lipinski definition) is 3. The van der Waals surface area contributed by atoms with Crippen molar-refractivity contribution >= 4 is 40.5 Å². The van der Waals surface area contributed by atoms with Gasteiger partial charge in [0, 0.05) is 22.7 Å². The highest BCUT2D eigenvalue weighted by Crippen LogP contribution is 2.35. The Bertz CT molecular complexity index is 690. The number of rotatable bonds is 6. The smallest absolute Gasteiger partial charge is 0.163 e. The number of hydrogen-bond donors (Lipinski definition) is 1. The average molecular weight is 375 g/mol. The molecule has 6 heteroatoms. The molecule has 3 nitrogen and oxygen atoms in total. The summed E-state index contributed by atoms with van der Waals surface area (Å²) in [5, 5.41) is 5.02. The van der Waals surface area contributed by atoms with Crippen LogP contribution in [0, 0.1) is 0 Å². The van der Waals surface area contributed by atoms with Gasteiger partial charge in [-0.15, -0.1) is 0 Å². The lowest BCUT2D eigenvalue weighted by molar-refractivity contribution is 0.230. The van der Waals surface area contributed by atoms with Gasteiger partial charge in [-0.05, 0) is 43.7 Å². The van der Waals surface area contributed by atoms with E-state index in [0.29, 0.717) is 33.1 Å². The van der Waals surface area contributed by atoms with E-state index in [9.17, 15) is 0 Å². The molecular formula is C17H18Cl3NO2.